The summed E-state index contributed by atoms with van der Waals surface area (Å²) >= 11 is 5.84. The molecule has 1 atom stereocenters. The molecule has 1 unspecified atom stereocenters. The fraction of sp³-hybridized carbons (Fsp3) is 0.500. The van der Waals surface area contributed by atoms with Crippen molar-refractivity contribution in [3.05, 3.63) is 34.9 Å². The first-order chi connectivity index (χ1) is 8.63. The first kappa shape index (κ1) is 13.4. The fourth-order valence-corrected chi connectivity index (χ4v) is 2.24. The molecule has 1 aliphatic heterocycles. The van der Waals surface area contributed by atoms with Crippen LogP contribution >= 0.6 is 11.6 Å². The molecule has 2 N–H and O–H groups in total. The minimum absolute atomic E-state index is 0.156. The lowest BCUT2D eigenvalue weighted by atomic mass is 9.98. The van der Waals surface area contributed by atoms with Crippen molar-refractivity contribution in [3.63, 3.8) is 0 Å². The van der Waals surface area contributed by atoms with Crippen molar-refractivity contribution in [1.82, 2.24) is 10.6 Å². The molecule has 4 heteroatoms. The van der Waals surface area contributed by atoms with Crippen molar-refractivity contribution in [2.75, 3.05) is 13.1 Å². The van der Waals surface area contributed by atoms with Crippen LogP contribution in [0.3, 0.4) is 0 Å². The highest BCUT2D eigenvalue weighted by molar-refractivity contribution is 6.30. The summed E-state index contributed by atoms with van der Waals surface area (Å²) in [6.07, 6.45) is 1.48. The van der Waals surface area contributed by atoms with E-state index in [2.05, 4.69) is 10.6 Å². The van der Waals surface area contributed by atoms with E-state index >= 15 is 0 Å². The van der Waals surface area contributed by atoms with Gasteiger partial charge in [0.1, 0.15) is 0 Å². The average Bonchev–Trinajstić information content (AvgIpc) is 2.27. The van der Waals surface area contributed by atoms with Crippen LogP contribution in [0.5, 0.6) is 0 Å². The molecular formula is C14H19ClN2O. The van der Waals surface area contributed by atoms with Crippen molar-refractivity contribution < 1.29 is 4.79 Å². The van der Waals surface area contributed by atoms with Crippen LogP contribution in [0, 0.1) is 5.92 Å². The van der Waals surface area contributed by atoms with E-state index in [0.29, 0.717) is 12.3 Å². The molecule has 3 nitrogen and oxygen atoms in total. The summed E-state index contributed by atoms with van der Waals surface area (Å²) in [5.41, 5.74) is 1.19. The van der Waals surface area contributed by atoms with Gasteiger partial charge in [0.15, 0.2) is 0 Å². The highest BCUT2D eigenvalue weighted by Gasteiger charge is 2.20. The molecule has 1 aromatic rings. The predicted molar refractivity (Wildman–Crippen MR) is 73.7 cm³/mol. The number of benzene rings is 1. The first-order valence-electron chi connectivity index (χ1n) is 6.38. The largest absolute Gasteiger partial charge is 0.353 e. The van der Waals surface area contributed by atoms with Crippen molar-refractivity contribution >= 4 is 17.5 Å². The van der Waals surface area contributed by atoms with E-state index in [1.54, 1.807) is 0 Å². The van der Waals surface area contributed by atoms with Crippen LogP contribution in [0.25, 0.3) is 0 Å². The zero-order valence-corrected chi connectivity index (χ0v) is 11.3. The average molecular weight is 267 g/mol. The van der Waals surface area contributed by atoms with Gasteiger partial charge >= 0.3 is 0 Å². The Bertz CT molecular complexity index is 401. The van der Waals surface area contributed by atoms with Crippen LogP contribution in [-0.2, 0) is 11.2 Å². The third kappa shape index (κ3) is 4.00. The molecule has 0 spiro atoms. The van der Waals surface area contributed by atoms with Crippen molar-refractivity contribution in [1.29, 1.82) is 0 Å². The lowest BCUT2D eigenvalue weighted by Crippen LogP contribution is -2.45. The Hall–Kier alpha value is -1.06. The highest BCUT2D eigenvalue weighted by Crippen LogP contribution is 2.12. The lowest BCUT2D eigenvalue weighted by Gasteiger charge is -2.27. The maximum atomic E-state index is 11.7. The van der Waals surface area contributed by atoms with Gasteiger partial charge in [-0.15, -0.1) is 0 Å². The normalized spacial score (nSPS) is 17.0. The van der Waals surface area contributed by atoms with Crippen LogP contribution in [0.4, 0.5) is 0 Å². The summed E-state index contributed by atoms with van der Waals surface area (Å²) in [5, 5.41) is 6.96. The van der Waals surface area contributed by atoms with Crippen LogP contribution < -0.4 is 10.6 Å². The number of carbonyl (C=O) groups excluding carboxylic acids is 1. The molecule has 1 saturated heterocycles. The molecule has 0 bridgehead atoms. The van der Waals surface area contributed by atoms with Crippen LogP contribution in [0.1, 0.15) is 18.9 Å². The summed E-state index contributed by atoms with van der Waals surface area (Å²) < 4.78 is 0. The van der Waals surface area contributed by atoms with Gasteiger partial charge in [-0.05, 0) is 50.0 Å². The number of hydrogen-bond donors (Lipinski definition) is 2. The standard InChI is InChI=1S/C14H19ClN2O/c1-10(6-11-2-4-13(15)5-3-11)17-14(18)7-12-8-16-9-12/h2-5,10,12,16H,6-9H2,1H3,(H,17,18). The van der Waals surface area contributed by atoms with Gasteiger partial charge in [-0.3, -0.25) is 4.79 Å². The van der Waals surface area contributed by atoms with Crippen molar-refractivity contribution in [2.45, 2.75) is 25.8 Å². The Morgan fingerprint density at radius 2 is 2.11 bits per heavy atom. The summed E-state index contributed by atoms with van der Waals surface area (Å²) in [7, 11) is 0. The monoisotopic (exact) mass is 266 g/mol. The quantitative estimate of drug-likeness (QED) is 0.856. The Morgan fingerprint density at radius 1 is 1.44 bits per heavy atom. The van der Waals surface area contributed by atoms with Gasteiger partial charge in [0.05, 0.1) is 0 Å². The van der Waals surface area contributed by atoms with E-state index in [-0.39, 0.29) is 11.9 Å². The molecule has 2 rings (SSSR count). The van der Waals surface area contributed by atoms with E-state index in [1.807, 2.05) is 31.2 Å². The second kappa shape index (κ2) is 6.21. The second-order valence-corrected chi connectivity index (χ2v) is 5.46. The number of halogens is 1. The Balaban J connectivity index is 1.75. The molecule has 0 radical (unpaired) electrons. The first-order valence-corrected chi connectivity index (χ1v) is 6.76. The third-order valence-electron chi connectivity index (χ3n) is 3.20. The van der Waals surface area contributed by atoms with Gasteiger partial charge in [-0.2, -0.15) is 0 Å². The zero-order valence-electron chi connectivity index (χ0n) is 10.6. The number of amides is 1. The number of hydrogen-bond acceptors (Lipinski definition) is 2. The molecular weight excluding hydrogens is 248 g/mol. The Kier molecular flexibility index (Phi) is 4.61. The molecule has 18 heavy (non-hydrogen) atoms. The summed E-state index contributed by atoms with van der Waals surface area (Å²) in [6.45, 7) is 3.98. The van der Waals surface area contributed by atoms with Gasteiger partial charge in [-0.1, -0.05) is 23.7 Å². The van der Waals surface area contributed by atoms with Gasteiger partial charge in [-0.25, -0.2) is 0 Å². The van der Waals surface area contributed by atoms with E-state index in [9.17, 15) is 4.79 Å². The molecule has 0 aromatic heterocycles. The van der Waals surface area contributed by atoms with Gasteiger partial charge < -0.3 is 10.6 Å². The van der Waals surface area contributed by atoms with Gasteiger partial charge in [0.2, 0.25) is 5.91 Å². The van der Waals surface area contributed by atoms with Crippen LogP contribution in [0.2, 0.25) is 5.02 Å². The molecule has 0 aliphatic carbocycles. The number of rotatable bonds is 5. The molecule has 1 amide bonds. The Labute approximate surface area is 113 Å². The molecule has 1 aliphatic rings. The molecule has 1 aromatic carbocycles. The fourth-order valence-electron chi connectivity index (χ4n) is 2.11. The summed E-state index contributed by atoms with van der Waals surface area (Å²) in [6, 6.07) is 7.92. The molecule has 0 saturated carbocycles. The summed E-state index contributed by atoms with van der Waals surface area (Å²) in [4.78, 5) is 11.7. The highest BCUT2D eigenvalue weighted by atomic mass is 35.5. The maximum Gasteiger partial charge on any atom is 0.220 e. The SMILES string of the molecule is CC(Cc1ccc(Cl)cc1)NC(=O)CC1CNC1. The molecule has 1 heterocycles. The predicted octanol–water partition coefficient (Wildman–Crippen LogP) is 2.00. The lowest BCUT2D eigenvalue weighted by molar-refractivity contribution is -0.122. The van der Waals surface area contributed by atoms with Crippen molar-refractivity contribution in [2.24, 2.45) is 5.92 Å². The minimum atomic E-state index is 0.156. The number of nitrogens with one attached hydrogen (secondary N) is 2. The summed E-state index contributed by atoms with van der Waals surface area (Å²) in [5.74, 6) is 0.677. The van der Waals surface area contributed by atoms with Crippen LogP contribution in [0.15, 0.2) is 24.3 Å². The zero-order chi connectivity index (χ0) is 13.0. The maximum absolute atomic E-state index is 11.7. The van der Waals surface area contributed by atoms with Crippen molar-refractivity contribution in [3.8, 4) is 0 Å². The van der Waals surface area contributed by atoms with E-state index in [4.69, 9.17) is 11.6 Å². The Morgan fingerprint density at radius 3 is 2.67 bits per heavy atom. The second-order valence-electron chi connectivity index (χ2n) is 5.03. The van der Waals surface area contributed by atoms with Crippen LogP contribution in [-0.4, -0.2) is 25.0 Å². The number of carbonyl (C=O) groups is 1. The molecule has 98 valence electrons. The van der Waals surface area contributed by atoms with Gasteiger partial charge in [0.25, 0.3) is 0 Å². The van der Waals surface area contributed by atoms with E-state index in [0.717, 1.165) is 24.5 Å². The smallest absolute Gasteiger partial charge is 0.220 e. The third-order valence-corrected chi connectivity index (χ3v) is 3.45. The topological polar surface area (TPSA) is 41.1 Å². The van der Waals surface area contributed by atoms with Gasteiger partial charge in [0, 0.05) is 17.5 Å². The van der Waals surface area contributed by atoms with E-state index < -0.39 is 0 Å². The minimum Gasteiger partial charge on any atom is -0.353 e. The van der Waals surface area contributed by atoms with E-state index in [1.165, 1.54) is 5.56 Å². The molecule has 1 fully saturated rings.